The molecule has 1 aromatic carbocycles. The molecule has 0 aliphatic carbocycles. The van der Waals surface area contributed by atoms with Crippen molar-refractivity contribution in [3.63, 3.8) is 0 Å². The number of hydrogen-bond donors (Lipinski definition) is 0. The maximum absolute atomic E-state index is 11.6. The molecule has 0 saturated heterocycles. The molecule has 4 aromatic rings. The molecule has 0 bridgehead atoms. The number of hydrogen-bond acceptors (Lipinski definition) is 4. The van der Waals surface area contributed by atoms with Crippen molar-refractivity contribution in [1.29, 1.82) is 0 Å². The maximum atomic E-state index is 11.6. The minimum atomic E-state index is -0.389. The quantitative estimate of drug-likeness (QED) is 0.469. The Kier molecular flexibility index (Phi) is 1.64. The third-order valence-corrected chi connectivity index (χ3v) is 2.99. The Labute approximate surface area is 100 Å². The monoisotopic (exact) mass is 237 g/mol. The van der Waals surface area contributed by atoms with Crippen LogP contribution in [0.2, 0.25) is 0 Å². The fourth-order valence-electron chi connectivity index (χ4n) is 2.19. The van der Waals surface area contributed by atoms with Gasteiger partial charge in [0.1, 0.15) is 5.39 Å². The highest BCUT2D eigenvalue weighted by atomic mass is 16.4. The van der Waals surface area contributed by atoms with E-state index in [2.05, 4.69) is 9.97 Å². The van der Waals surface area contributed by atoms with Crippen LogP contribution in [0.15, 0.2) is 52.0 Å². The fraction of sp³-hybridized carbons (Fsp3) is 0. The van der Waals surface area contributed by atoms with Crippen LogP contribution in [0.4, 0.5) is 0 Å². The molecule has 0 unspecified atom stereocenters. The molecule has 86 valence electrons. The summed E-state index contributed by atoms with van der Waals surface area (Å²) >= 11 is 0. The van der Waals surface area contributed by atoms with E-state index in [-0.39, 0.29) is 5.63 Å². The summed E-state index contributed by atoms with van der Waals surface area (Å²) in [6.07, 6.45) is 2.89. The lowest BCUT2D eigenvalue weighted by Crippen LogP contribution is -2.02. The van der Waals surface area contributed by atoms with Crippen LogP contribution >= 0.6 is 0 Å². The van der Waals surface area contributed by atoms with E-state index < -0.39 is 0 Å². The Hall–Kier alpha value is -2.69. The van der Waals surface area contributed by atoms with Gasteiger partial charge in [-0.2, -0.15) is 0 Å². The molecule has 4 rings (SSSR count). The molecule has 5 nitrogen and oxygen atoms in total. The van der Waals surface area contributed by atoms with E-state index in [0.717, 1.165) is 16.6 Å². The van der Waals surface area contributed by atoms with Crippen LogP contribution in [-0.2, 0) is 0 Å². The smallest absolute Gasteiger partial charge is 0.346 e. The van der Waals surface area contributed by atoms with Gasteiger partial charge in [0.2, 0.25) is 5.78 Å². The summed E-state index contributed by atoms with van der Waals surface area (Å²) in [5.74, 6) is 0.578. The highest BCUT2D eigenvalue weighted by molar-refractivity contribution is 5.88. The standard InChI is InChI=1S/C13H7N3O2/c17-12-8-7-14-13-15-9-3-1-2-4-11(9)16(13)10(8)5-6-18-12/h1-7H. The zero-order valence-electron chi connectivity index (χ0n) is 9.20. The topological polar surface area (TPSA) is 60.4 Å². The Bertz CT molecular complexity index is 953. The van der Waals surface area contributed by atoms with Crippen LogP contribution in [-0.4, -0.2) is 14.4 Å². The van der Waals surface area contributed by atoms with E-state index in [4.69, 9.17) is 4.42 Å². The van der Waals surface area contributed by atoms with E-state index in [0.29, 0.717) is 11.2 Å². The lowest BCUT2D eigenvalue weighted by molar-refractivity contribution is 0.519. The summed E-state index contributed by atoms with van der Waals surface area (Å²) in [6, 6.07) is 9.47. The largest absolute Gasteiger partial charge is 0.431 e. The predicted octanol–water partition coefficient (Wildman–Crippen LogP) is 1.99. The van der Waals surface area contributed by atoms with Gasteiger partial charge in [-0.1, -0.05) is 12.1 Å². The first kappa shape index (κ1) is 9.35. The first-order chi connectivity index (χ1) is 8.84. The molecule has 5 heteroatoms. The molecule has 0 saturated carbocycles. The van der Waals surface area contributed by atoms with Gasteiger partial charge in [0, 0.05) is 6.20 Å². The van der Waals surface area contributed by atoms with Crippen LogP contribution in [0.1, 0.15) is 0 Å². The van der Waals surface area contributed by atoms with Crippen LogP contribution < -0.4 is 5.63 Å². The molecular formula is C13H7N3O2. The summed E-state index contributed by atoms with van der Waals surface area (Å²) in [6.45, 7) is 0. The number of fused-ring (bicyclic) bond motifs is 5. The van der Waals surface area contributed by atoms with E-state index in [9.17, 15) is 4.79 Å². The highest BCUT2D eigenvalue weighted by Gasteiger charge is 2.10. The van der Waals surface area contributed by atoms with Crippen molar-refractivity contribution < 1.29 is 4.42 Å². The molecule has 0 fully saturated rings. The van der Waals surface area contributed by atoms with Crippen molar-refractivity contribution in [3.8, 4) is 0 Å². The summed E-state index contributed by atoms with van der Waals surface area (Å²) in [5, 5.41) is 0.452. The van der Waals surface area contributed by atoms with Gasteiger partial charge >= 0.3 is 5.63 Å². The minimum absolute atomic E-state index is 0.389. The van der Waals surface area contributed by atoms with Crippen molar-refractivity contribution >= 4 is 27.7 Å². The predicted molar refractivity (Wildman–Crippen MR) is 66.5 cm³/mol. The second-order valence-electron chi connectivity index (χ2n) is 4.00. The number of aromatic nitrogens is 3. The normalized spacial score (nSPS) is 11.6. The number of imidazole rings is 1. The van der Waals surface area contributed by atoms with Gasteiger partial charge in [0.05, 0.1) is 22.8 Å². The van der Waals surface area contributed by atoms with Gasteiger partial charge in [-0.25, -0.2) is 14.8 Å². The molecule has 0 spiro atoms. The number of nitrogens with zero attached hydrogens (tertiary/aromatic N) is 3. The second kappa shape index (κ2) is 3.16. The van der Waals surface area contributed by atoms with Crippen molar-refractivity contribution in [3.05, 3.63) is 53.2 Å². The Morgan fingerprint density at radius 2 is 2.00 bits per heavy atom. The fourth-order valence-corrected chi connectivity index (χ4v) is 2.19. The molecular weight excluding hydrogens is 230 g/mol. The van der Waals surface area contributed by atoms with Crippen molar-refractivity contribution in [1.82, 2.24) is 14.4 Å². The molecule has 0 aliphatic rings. The van der Waals surface area contributed by atoms with E-state index in [1.807, 2.05) is 28.7 Å². The van der Waals surface area contributed by atoms with E-state index in [1.165, 1.54) is 12.5 Å². The zero-order valence-corrected chi connectivity index (χ0v) is 9.20. The first-order valence-electron chi connectivity index (χ1n) is 5.48. The Balaban J connectivity index is 2.41. The zero-order chi connectivity index (χ0) is 12.1. The number of benzene rings is 1. The van der Waals surface area contributed by atoms with Crippen molar-refractivity contribution in [2.75, 3.05) is 0 Å². The average molecular weight is 237 g/mol. The minimum Gasteiger partial charge on any atom is -0.431 e. The second-order valence-corrected chi connectivity index (χ2v) is 4.00. The van der Waals surface area contributed by atoms with Crippen molar-refractivity contribution in [2.24, 2.45) is 0 Å². The third kappa shape index (κ3) is 1.08. The molecule has 0 radical (unpaired) electrons. The highest BCUT2D eigenvalue weighted by Crippen LogP contribution is 2.19. The molecule has 0 aliphatic heterocycles. The van der Waals surface area contributed by atoms with Gasteiger partial charge in [-0.3, -0.25) is 4.40 Å². The van der Waals surface area contributed by atoms with E-state index in [1.54, 1.807) is 6.07 Å². The Morgan fingerprint density at radius 1 is 1.11 bits per heavy atom. The lowest BCUT2D eigenvalue weighted by Gasteiger charge is -2.00. The van der Waals surface area contributed by atoms with Crippen molar-refractivity contribution in [2.45, 2.75) is 0 Å². The molecule has 0 atom stereocenters. The SMILES string of the molecule is O=c1occc2c1cnc1nc3ccccc3n12. The maximum Gasteiger partial charge on any atom is 0.346 e. The third-order valence-electron chi connectivity index (χ3n) is 2.99. The number of para-hydroxylation sites is 2. The van der Waals surface area contributed by atoms with Gasteiger partial charge in [0.25, 0.3) is 0 Å². The van der Waals surface area contributed by atoms with Gasteiger partial charge < -0.3 is 4.42 Å². The van der Waals surface area contributed by atoms with Crippen LogP contribution in [0, 0.1) is 0 Å². The molecule has 3 heterocycles. The Morgan fingerprint density at radius 3 is 2.94 bits per heavy atom. The first-order valence-corrected chi connectivity index (χ1v) is 5.48. The van der Waals surface area contributed by atoms with Gasteiger partial charge in [-0.05, 0) is 18.2 Å². The molecule has 3 aromatic heterocycles. The number of rotatable bonds is 0. The summed E-state index contributed by atoms with van der Waals surface area (Å²) < 4.78 is 6.71. The van der Waals surface area contributed by atoms with Gasteiger partial charge in [0.15, 0.2) is 0 Å². The summed E-state index contributed by atoms with van der Waals surface area (Å²) in [7, 11) is 0. The molecule has 0 amide bonds. The average Bonchev–Trinajstić information content (AvgIpc) is 2.77. The van der Waals surface area contributed by atoms with Crippen LogP contribution in [0.3, 0.4) is 0 Å². The van der Waals surface area contributed by atoms with Crippen LogP contribution in [0.25, 0.3) is 27.7 Å². The summed E-state index contributed by atoms with van der Waals surface area (Å²) in [5.41, 5.74) is 2.14. The molecule has 0 N–H and O–H groups in total. The van der Waals surface area contributed by atoms with Gasteiger partial charge in [-0.15, -0.1) is 0 Å². The van der Waals surface area contributed by atoms with E-state index >= 15 is 0 Å². The lowest BCUT2D eigenvalue weighted by atomic mass is 10.3. The van der Waals surface area contributed by atoms with Crippen LogP contribution in [0.5, 0.6) is 0 Å². The summed E-state index contributed by atoms with van der Waals surface area (Å²) in [4.78, 5) is 20.3. The molecule has 18 heavy (non-hydrogen) atoms.